The molecule has 0 fully saturated rings. The SMILES string of the molecule is CCOc1ccccc1C(CN)Cc1cccc(OC(C)C)c1. The first-order chi connectivity index (χ1) is 11.1. The largest absolute Gasteiger partial charge is 0.494 e. The summed E-state index contributed by atoms with van der Waals surface area (Å²) in [7, 11) is 0. The van der Waals surface area contributed by atoms with Gasteiger partial charge in [-0.2, -0.15) is 0 Å². The Bertz CT molecular complexity index is 610. The van der Waals surface area contributed by atoms with Crippen molar-refractivity contribution in [1.82, 2.24) is 0 Å². The molecule has 23 heavy (non-hydrogen) atoms. The molecule has 0 saturated heterocycles. The second-order valence-corrected chi connectivity index (χ2v) is 5.92. The Labute approximate surface area is 139 Å². The maximum atomic E-state index is 6.05. The van der Waals surface area contributed by atoms with E-state index in [0.717, 1.165) is 17.9 Å². The van der Waals surface area contributed by atoms with Crippen LogP contribution in [0.5, 0.6) is 11.5 Å². The van der Waals surface area contributed by atoms with Crippen LogP contribution in [0.25, 0.3) is 0 Å². The zero-order valence-corrected chi connectivity index (χ0v) is 14.3. The lowest BCUT2D eigenvalue weighted by Gasteiger charge is -2.19. The molecule has 2 aromatic rings. The quantitative estimate of drug-likeness (QED) is 0.796. The van der Waals surface area contributed by atoms with E-state index in [1.54, 1.807) is 0 Å². The van der Waals surface area contributed by atoms with Crippen molar-refractivity contribution in [2.45, 2.75) is 39.2 Å². The highest BCUT2D eigenvalue weighted by Crippen LogP contribution is 2.29. The van der Waals surface area contributed by atoms with E-state index in [0.29, 0.717) is 13.2 Å². The van der Waals surface area contributed by atoms with Gasteiger partial charge in [-0.1, -0.05) is 30.3 Å². The average molecular weight is 313 g/mol. The lowest BCUT2D eigenvalue weighted by Crippen LogP contribution is -2.16. The summed E-state index contributed by atoms with van der Waals surface area (Å²) >= 11 is 0. The Morgan fingerprint density at radius 3 is 2.52 bits per heavy atom. The van der Waals surface area contributed by atoms with Crippen LogP contribution in [0.15, 0.2) is 48.5 Å². The Morgan fingerprint density at radius 2 is 1.83 bits per heavy atom. The highest BCUT2D eigenvalue weighted by Gasteiger charge is 2.15. The summed E-state index contributed by atoms with van der Waals surface area (Å²) < 4.78 is 11.5. The first-order valence-corrected chi connectivity index (χ1v) is 8.31. The first-order valence-electron chi connectivity index (χ1n) is 8.31. The second-order valence-electron chi connectivity index (χ2n) is 5.92. The number of para-hydroxylation sites is 1. The maximum Gasteiger partial charge on any atom is 0.122 e. The molecular formula is C20H27NO2. The third kappa shape index (κ3) is 5.00. The van der Waals surface area contributed by atoms with Gasteiger partial charge in [-0.15, -0.1) is 0 Å². The summed E-state index contributed by atoms with van der Waals surface area (Å²) in [5, 5.41) is 0. The van der Waals surface area contributed by atoms with E-state index in [2.05, 4.69) is 18.2 Å². The second kappa shape index (κ2) is 8.59. The molecule has 0 aromatic heterocycles. The van der Waals surface area contributed by atoms with Crippen LogP contribution < -0.4 is 15.2 Å². The van der Waals surface area contributed by atoms with E-state index in [4.69, 9.17) is 15.2 Å². The predicted molar refractivity (Wildman–Crippen MR) is 95.3 cm³/mol. The molecule has 2 rings (SSSR count). The third-order valence-corrected chi connectivity index (χ3v) is 3.70. The predicted octanol–water partition coefficient (Wildman–Crippen LogP) is 4.16. The molecule has 124 valence electrons. The van der Waals surface area contributed by atoms with Crippen molar-refractivity contribution in [3.05, 3.63) is 59.7 Å². The summed E-state index contributed by atoms with van der Waals surface area (Å²) in [6, 6.07) is 16.4. The van der Waals surface area contributed by atoms with Crippen molar-refractivity contribution in [3.8, 4) is 11.5 Å². The van der Waals surface area contributed by atoms with E-state index in [1.165, 1.54) is 11.1 Å². The number of rotatable bonds is 8. The molecule has 0 radical (unpaired) electrons. The van der Waals surface area contributed by atoms with Crippen molar-refractivity contribution >= 4 is 0 Å². The van der Waals surface area contributed by atoms with Gasteiger partial charge in [0, 0.05) is 5.92 Å². The fourth-order valence-corrected chi connectivity index (χ4v) is 2.73. The fraction of sp³-hybridized carbons (Fsp3) is 0.400. The van der Waals surface area contributed by atoms with Crippen LogP contribution in [0.1, 0.15) is 37.8 Å². The fourth-order valence-electron chi connectivity index (χ4n) is 2.73. The van der Waals surface area contributed by atoms with Crippen LogP contribution in [-0.2, 0) is 6.42 Å². The highest BCUT2D eigenvalue weighted by atomic mass is 16.5. The van der Waals surface area contributed by atoms with Crippen molar-refractivity contribution < 1.29 is 9.47 Å². The van der Waals surface area contributed by atoms with E-state index in [9.17, 15) is 0 Å². The van der Waals surface area contributed by atoms with Gasteiger partial charge in [-0.05, 0) is 63.1 Å². The number of hydrogen-bond donors (Lipinski definition) is 1. The summed E-state index contributed by atoms with van der Waals surface area (Å²) in [5.41, 5.74) is 8.45. The molecule has 1 unspecified atom stereocenters. The van der Waals surface area contributed by atoms with Crippen molar-refractivity contribution in [2.75, 3.05) is 13.2 Å². The topological polar surface area (TPSA) is 44.5 Å². The van der Waals surface area contributed by atoms with E-state index in [1.807, 2.05) is 51.1 Å². The Hall–Kier alpha value is -2.00. The molecule has 0 spiro atoms. The van der Waals surface area contributed by atoms with Crippen LogP contribution in [-0.4, -0.2) is 19.3 Å². The smallest absolute Gasteiger partial charge is 0.122 e. The summed E-state index contributed by atoms with van der Waals surface area (Å²) in [6.07, 6.45) is 1.05. The Balaban J connectivity index is 2.20. The van der Waals surface area contributed by atoms with Gasteiger partial charge in [-0.25, -0.2) is 0 Å². The molecule has 0 aliphatic rings. The maximum absolute atomic E-state index is 6.05. The minimum Gasteiger partial charge on any atom is -0.494 e. The minimum absolute atomic E-state index is 0.175. The molecule has 2 aromatic carbocycles. The van der Waals surface area contributed by atoms with Gasteiger partial charge in [0.2, 0.25) is 0 Å². The number of benzene rings is 2. The monoisotopic (exact) mass is 313 g/mol. The molecule has 3 nitrogen and oxygen atoms in total. The van der Waals surface area contributed by atoms with Crippen molar-refractivity contribution in [2.24, 2.45) is 5.73 Å². The first kappa shape index (κ1) is 17.4. The normalized spacial score (nSPS) is 12.2. The van der Waals surface area contributed by atoms with Crippen LogP contribution in [0, 0.1) is 0 Å². The molecule has 0 heterocycles. The van der Waals surface area contributed by atoms with E-state index < -0.39 is 0 Å². The van der Waals surface area contributed by atoms with Gasteiger partial charge in [0.05, 0.1) is 12.7 Å². The lowest BCUT2D eigenvalue weighted by atomic mass is 9.91. The van der Waals surface area contributed by atoms with Gasteiger partial charge in [0.1, 0.15) is 11.5 Å². The Kier molecular flexibility index (Phi) is 6.48. The summed E-state index contributed by atoms with van der Waals surface area (Å²) in [5.74, 6) is 2.07. The molecule has 2 N–H and O–H groups in total. The molecule has 0 amide bonds. The van der Waals surface area contributed by atoms with Gasteiger partial charge in [0.15, 0.2) is 0 Å². The third-order valence-electron chi connectivity index (χ3n) is 3.70. The zero-order chi connectivity index (χ0) is 16.7. The molecular weight excluding hydrogens is 286 g/mol. The summed E-state index contributed by atoms with van der Waals surface area (Å²) in [6.45, 7) is 7.31. The molecule has 1 atom stereocenters. The van der Waals surface area contributed by atoms with E-state index >= 15 is 0 Å². The van der Waals surface area contributed by atoms with Gasteiger partial charge in [0.25, 0.3) is 0 Å². The van der Waals surface area contributed by atoms with Crippen molar-refractivity contribution in [1.29, 1.82) is 0 Å². The van der Waals surface area contributed by atoms with Crippen LogP contribution in [0.4, 0.5) is 0 Å². The van der Waals surface area contributed by atoms with E-state index in [-0.39, 0.29) is 12.0 Å². The minimum atomic E-state index is 0.175. The van der Waals surface area contributed by atoms with Gasteiger partial charge < -0.3 is 15.2 Å². The number of nitrogens with two attached hydrogens (primary N) is 1. The standard InChI is InChI=1S/C20H27NO2/c1-4-22-20-11-6-5-10-19(20)17(14-21)12-16-8-7-9-18(13-16)23-15(2)3/h5-11,13,15,17H,4,12,14,21H2,1-3H3. The van der Waals surface area contributed by atoms with Crippen molar-refractivity contribution in [3.63, 3.8) is 0 Å². The summed E-state index contributed by atoms with van der Waals surface area (Å²) in [4.78, 5) is 0. The number of hydrogen-bond acceptors (Lipinski definition) is 3. The molecule has 0 aliphatic heterocycles. The molecule has 0 aliphatic carbocycles. The highest BCUT2D eigenvalue weighted by molar-refractivity contribution is 5.38. The Morgan fingerprint density at radius 1 is 1.04 bits per heavy atom. The van der Waals surface area contributed by atoms with Crippen LogP contribution in [0.2, 0.25) is 0 Å². The number of ether oxygens (including phenoxy) is 2. The molecule has 3 heteroatoms. The van der Waals surface area contributed by atoms with Crippen LogP contribution >= 0.6 is 0 Å². The molecule has 0 saturated carbocycles. The lowest BCUT2D eigenvalue weighted by molar-refractivity contribution is 0.242. The van der Waals surface area contributed by atoms with Crippen LogP contribution in [0.3, 0.4) is 0 Å². The molecule has 0 bridgehead atoms. The van der Waals surface area contributed by atoms with Gasteiger partial charge in [-0.3, -0.25) is 0 Å². The average Bonchev–Trinajstić information content (AvgIpc) is 2.53. The zero-order valence-electron chi connectivity index (χ0n) is 14.3. The van der Waals surface area contributed by atoms with Gasteiger partial charge >= 0.3 is 0 Å².